The van der Waals surface area contributed by atoms with Crippen LogP contribution in [0.5, 0.6) is 0 Å². The molecule has 1 aliphatic rings. The van der Waals surface area contributed by atoms with Crippen LogP contribution < -0.4 is 0 Å². The Labute approximate surface area is 165 Å². The smallest absolute Gasteiger partial charge is 0.223 e. The summed E-state index contributed by atoms with van der Waals surface area (Å²) in [6.07, 6.45) is 6.21. The van der Waals surface area contributed by atoms with E-state index in [4.69, 9.17) is 0 Å². The number of pyridine rings is 1. The minimum atomic E-state index is -0.286. The normalized spacial score (nSPS) is 16.5. The molecule has 1 amide bonds. The number of likely N-dealkylation sites (tertiary alicyclic amines) is 1. The standard InChI is InChI=1S/C23H26FN3O/c1-16-6-9-26(10-7-16)23(28)14-20(18-4-3-5-19(24)13-18)21-15-25-22-12-17(2)8-11-27(21)22/h3-5,8,11-13,15-16,20H,6-7,9-10,14H2,1-2H3. The maximum absolute atomic E-state index is 14.0. The summed E-state index contributed by atoms with van der Waals surface area (Å²) in [6, 6.07) is 10.6. The van der Waals surface area contributed by atoms with Crippen LogP contribution in [0.2, 0.25) is 0 Å². The highest BCUT2D eigenvalue weighted by atomic mass is 19.1. The van der Waals surface area contributed by atoms with Crippen molar-refractivity contribution >= 4 is 11.6 Å². The Morgan fingerprint density at radius 3 is 2.79 bits per heavy atom. The topological polar surface area (TPSA) is 37.6 Å². The van der Waals surface area contributed by atoms with Crippen LogP contribution in [0.3, 0.4) is 0 Å². The van der Waals surface area contributed by atoms with E-state index in [1.807, 2.05) is 46.8 Å². The average molecular weight is 379 g/mol. The molecule has 1 aliphatic heterocycles. The molecule has 4 nitrogen and oxygen atoms in total. The fraction of sp³-hybridized carbons (Fsp3) is 0.391. The third-order valence-corrected chi connectivity index (χ3v) is 5.82. The fourth-order valence-electron chi connectivity index (χ4n) is 4.04. The van der Waals surface area contributed by atoms with Gasteiger partial charge in [-0.25, -0.2) is 9.37 Å². The van der Waals surface area contributed by atoms with Gasteiger partial charge >= 0.3 is 0 Å². The Kier molecular flexibility index (Phi) is 5.16. The van der Waals surface area contributed by atoms with Crippen LogP contribution in [-0.4, -0.2) is 33.3 Å². The number of amides is 1. The molecule has 0 bridgehead atoms. The van der Waals surface area contributed by atoms with Gasteiger partial charge in [0.2, 0.25) is 5.91 Å². The van der Waals surface area contributed by atoms with Crippen molar-refractivity contribution in [2.75, 3.05) is 13.1 Å². The third-order valence-electron chi connectivity index (χ3n) is 5.82. The van der Waals surface area contributed by atoms with Crippen molar-refractivity contribution < 1.29 is 9.18 Å². The molecule has 0 spiro atoms. The van der Waals surface area contributed by atoms with Crippen LogP contribution >= 0.6 is 0 Å². The predicted octanol–water partition coefficient (Wildman–Crippen LogP) is 4.56. The van der Waals surface area contributed by atoms with Crippen molar-refractivity contribution in [3.63, 3.8) is 0 Å². The van der Waals surface area contributed by atoms with E-state index in [9.17, 15) is 9.18 Å². The summed E-state index contributed by atoms with van der Waals surface area (Å²) in [4.78, 5) is 19.5. The maximum atomic E-state index is 14.0. The van der Waals surface area contributed by atoms with Crippen LogP contribution in [0, 0.1) is 18.7 Å². The van der Waals surface area contributed by atoms with Crippen LogP contribution in [0.25, 0.3) is 5.65 Å². The van der Waals surface area contributed by atoms with E-state index < -0.39 is 0 Å². The molecule has 146 valence electrons. The van der Waals surface area contributed by atoms with Gasteiger partial charge in [0.25, 0.3) is 0 Å². The number of rotatable bonds is 4. The number of aryl methyl sites for hydroxylation is 1. The molecule has 0 saturated carbocycles. The number of nitrogens with zero attached hydrogens (tertiary/aromatic N) is 3. The van der Waals surface area contributed by atoms with Crippen molar-refractivity contribution in [2.45, 2.75) is 39.0 Å². The summed E-state index contributed by atoms with van der Waals surface area (Å²) in [5.41, 5.74) is 3.70. The zero-order valence-corrected chi connectivity index (χ0v) is 16.4. The van der Waals surface area contributed by atoms with Crippen LogP contribution in [-0.2, 0) is 4.79 Å². The number of carbonyl (C=O) groups excluding carboxylic acids is 1. The van der Waals surface area contributed by atoms with Crippen LogP contribution in [0.15, 0.2) is 48.8 Å². The molecule has 1 unspecified atom stereocenters. The molecule has 28 heavy (non-hydrogen) atoms. The second-order valence-electron chi connectivity index (χ2n) is 7.99. The number of piperidine rings is 1. The lowest BCUT2D eigenvalue weighted by Gasteiger charge is -2.31. The van der Waals surface area contributed by atoms with Crippen molar-refractivity contribution in [3.05, 3.63) is 71.4 Å². The van der Waals surface area contributed by atoms with E-state index in [0.717, 1.165) is 48.4 Å². The first-order valence-electron chi connectivity index (χ1n) is 9.98. The molecule has 1 saturated heterocycles. The number of carbonyl (C=O) groups is 1. The number of fused-ring (bicyclic) bond motifs is 1. The molecule has 3 heterocycles. The van der Waals surface area contributed by atoms with Crippen LogP contribution in [0.4, 0.5) is 4.39 Å². The van der Waals surface area contributed by atoms with Crippen LogP contribution in [0.1, 0.15) is 48.9 Å². The van der Waals surface area contributed by atoms with Gasteiger partial charge in [0.1, 0.15) is 11.5 Å². The number of imidazole rings is 1. The van der Waals surface area contributed by atoms with E-state index >= 15 is 0 Å². The highest BCUT2D eigenvalue weighted by Crippen LogP contribution is 2.31. The molecular weight excluding hydrogens is 353 g/mol. The van der Waals surface area contributed by atoms with E-state index in [1.54, 1.807) is 6.07 Å². The van der Waals surface area contributed by atoms with Gasteiger partial charge in [0.15, 0.2) is 0 Å². The molecule has 0 aliphatic carbocycles. The van der Waals surface area contributed by atoms with E-state index in [-0.39, 0.29) is 17.6 Å². The first kappa shape index (κ1) is 18.7. The molecule has 4 rings (SSSR count). The Hall–Kier alpha value is -2.69. The van der Waals surface area contributed by atoms with E-state index in [0.29, 0.717) is 12.3 Å². The van der Waals surface area contributed by atoms with Crippen molar-refractivity contribution in [1.82, 2.24) is 14.3 Å². The summed E-state index contributed by atoms with van der Waals surface area (Å²) < 4.78 is 16.0. The molecule has 3 aromatic rings. The Morgan fingerprint density at radius 2 is 2.04 bits per heavy atom. The average Bonchev–Trinajstić information content (AvgIpc) is 3.09. The highest BCUT2D eigenvalue weighted by Gasteiger charge is 2.27. The molecular formula is C23H26FN3O. The molecule has 0 radical (unpaired) electrons. The zero-order valence-electron chi connectivity index (χ0n) is 16.4. The van der Waals surface area contributed by atoms with Crippen molar-refractivity contribution in [2.24, 2.45) is 5.92 Å². The first-order chi connectivity index (χ1) is 13.5. The molecule has 5 heteroatoms. The van der Waals surface area contributed by atoms with E-state index in [1.165, 1.54) is 12.1 Å². The quantitative estimate of drug-likeness (QED) is 0.666. The predicted molar refractivity (Wildman–Crippen MR) is 108 cm³/mol. The van der Waals surface area contributed by atoms with Gasteiger partial charge in [-0.05, 0) is 61.1 Å². The lowest BCUT2D eigenvalue weighted by Crippen LogP contribution is -2.38. The number of aromatic nitrogens is 2. The Balaban J connectivity index is 1.69. The minimum absolute atomic E-state index is 0.128. The number of hydrogen-bond donors (Lipinski definition) is 0. The number of benzene rings is 1. The van der Waals surface area contributed by atoms with Gasteiger partial charge < -0.3 is 9.30 Å². The van der Waals surface area contributed by atoms with Gasteiger partial charge in [-0.2, -0.15) is 0 Å². The monoisotopic (exact) mass is 379 g/mol. The fourth-order valence-corrected chi connectivity index (χ4v) is 4.04. The summed E-state index contributed by atoms with van der Waals surface area (Å²) in [7, 11) is 0. The lowest BCUT2D eigenvalue weighted by molar-refractivity contribution is -0.132. The first-order valence-corrected chi connectivity index (χ1v) is 9.98. The van der Waals surface area contributed by atoms with Gasteiger partial charge in [-0.1, -0.05) is 19.1 Å². The van der Waals surface area contributed by atoms with Crippen molar-refractivity contribution in [3.8, 4) is 0 Å². The summed E-state index contributed by atoms with van der Waals surface area (Å²) in [6.45, 7) is 5.88. The molecule has 1 aromatic carbocycles. The van der Waals surface area contributed by atoms with Crippen molar-refractivity contribution in [1.29, 1.82) is 0 Å². The maximum Gasteiger partial charge on any atom is 0.223 e. The Bertz CT molecular complexity index is 988. The molecule has 1 atom stereocenters. The lowest BCUT2D eigenvalue weighted by atomic mass is 9.91. The summed E-state index contributed by atoms with van der Waals surface area (Å²) in [5.74, 6) is 0.278. The zero-order chi connectivity index (χ0) is 19.7. The van der Waals surface area contributed by atoms with Gasteiger partial charge in [-0.3, -0.25) is 4.79 Å². The molecule has 0 N–H and O–H groups in total. The second kappa shape index (κ2) is 7.74. The van der Waals surface area contributed by atoms with Gasteiger partial charge in [0.05, 0.1) is 5.69 Å². The Morgan fingerprint density at radius 1 is 1.25 bits per heavy atom. The summed E-state index contributed by atoms with van der Waals surface area (Å²) >= 11 is 0. The molecule has 2 aromatic heterocycles. The largest absolute Gasteiger partial charge is 0.343 e. The number of halogens is 1. The highest BCUT2D eigenvalue weighted by molar-refractivity contribution is 5.78. The second-order valence-corrected chi connectivity index (χ2v) is 7.99. The number of hydrogen-bond acceptors (Lipinski definition) is 2. The third kappa shape index (κ3) is 3.79. The summed E-state index contributed by atoms with van der Waals surface area (Å²) in [5, 5.41) is 0. The van der Waals surface area contributed by atoms with Gasteiger partial charge in [-0.15, -0.1) is 0 Å². The SMILES string of the molecule is Cc1ccn2c(C(CC(=O)N3CCC(C)CC3)c3cccc(F)c3)cnc2c1. The van der Waals surface area contributed by atoms with E-state index in [2.05, 4.69) is 11.9 Å². The van der Waals surface area contributed by atoms with Gasteiger partial charge in [0, 0.05) is 37.8 Å². The molecule has 1 fully saturated rings. The minimum Gasteiger partial charge on any atom is -0.343 e.